The predicted molar refractivity (Wildman–Crippen MR) is 68.4 cm³/mol. The van der Waals surface area contributed by atoms with Gasteiger partial charge in [0.1, 0.15) is 18.0 Å². The van der Waals surface area contributed by atoms with Gasteiger partial charge in [-0.1, -0.05) is 35.5 Å². The predicted octanol–water partition coefficient (Wildman–Crippen LogP) is 2.43. The molecule has 7 heteroatoms. The van der Waals surface area contributed by atoms with E-state index in [1.165, 1.54) is 6.92 Å². The van der Waals surface area contributed by atoms with Gasteiger partial charge in [-0.05, 0) is 12.5 Å². The molecule has 0 atom stereocenters. The molecule has 0 saturated heterocycles. The van der Waals surface area contributed by atoms with E-state index in [0.29, 0.717) is 0 Å². The maximum Gasteiger partial charge on any atom is 0.412 e. The van der Waals surface area contributed by atoms with Crippen molar-refractivity contribution in [1.29, 1.82) is 0 Å². The van der Waals surface area contributed by atoms with Crippen LogP contribution in [0.1, 0.15) is 21.8 Å². The van der Waals surface area contributed by atoms with E-state index in [9.17, 15) is 9.59 Å². The van der Waals surface area contributed by atoms with Crippen LogP contribution in [0, 0.1) is 6.92 Å². The van der Waals surface area contributed by atoms with E-state index >= 15 is 0 Å². The third kappa shape index (κ3) is 3.14. The number of rotatable bonds is 4. The van der Waals surface area contributed by atoms with Crippen molar-refractivity contribution in [2.24, 2.45) is 0 Å². The third-order valence-corrected chi connectivity index (χ3v) is 2.50. The molecular formula is C13H12N2O5. The van der Waals surface area contributed by atoms with Crippen LogP contribution < -0.4 is 5.32 Å². The van der Waals surface area contributed by atoms with Crippen molar-refractivity contribution in [2.75, 3.05) is 5.32 Å². The molecule has 0 aliphatic heterocycles. The van der Waals surface area contributed by atoms with Gasteiger partial charge in [-0.2, -0.15) is 0 Å². The highest BCUT2D eigenvalue weighted by molar-refractivity contribution is 5.96. The van der Waals surface area contributed by atoms with Crippen molar-refractivity contribution in [3.63, 3.8) is 0 Å². The molecule has 1 aromatic carbocycles. The number of carbonyl (C=O) groups is 2. The Morgan fingerprint density at radius 1 is 1.35 bits per heavy atom. The SMILES string of the molecule is Cc1noc(C(=O)O)c1NC(=O)OCc1ccccc1. The van der Waals surface area contributed by atoms with Gasteiger partial charge in [-0.3, -0.25) is 5.32 Å². The highest BCUT2D eigenvalue weighted by Crippen LogP contribution is 2.20. The largest absolute Gasteiger partial charge is 0.475 e. The van der Waals surface area contributed by atoms with E-state index in [0.717, 1.165) is 5.56 Å². The second-order valence-electron chi connectivity index (χ2n) is 3.96. The van der Waals surface area contributed by atoms with E-state index in [-0.39, 0.29) is 18.0 Å². The molecule has 0 aliphatic rings. The molecule has 1 heterocycles. The zero-order chi connectivity index (χ0) is 14.5. The molecule has 2 N–H and O–H groups in total. The minimum Gasteiger partial charge on any atom is -0.475 e. The maximum atomic E-state index is 11.6. The summed E-state index contributed by atoms with van der Waals surface area (Å²) in [6, 6.07) is 9.11. The number of amides is 1. The lowest BCUT2D eigenvalue weighted by atomic mass is 10.2. The van der Waals surface area contributed by atoms with Gasteiger partial charge in [0.05, 0.1) is 0 Å². The number of nitrogens with one attached hydrogen (secondary N) is 1. The summed E-state index contributed by atoms with van der Waals surface area (Å²) in [6.45, 7) is 1.60. The Hall–Kier alpha value is -2.83. The number of hydrogen-bond donors (Lipinski definition) is 2. The third-order valence-electron chi connectivity index (χ3n) is 2.50. The fourth-order valence-corrected chi connectivity index (χ4v) is 1.52. The van der Waals surface area contributed by atoms with Gasteiger partial charge in [0.15, 0.2) is 0 Å². The smallest absolute Gasteiger partial charge is 0.412 e. The monoisotopic (exact) mass is 276 g/mol. The lowest BCUT2D eigenvalue weighted by molar-refractivity contribution is 0.0653. The van der Waals surface area contributed by atoms with Crippen LogP contribution in [0.3, 0.4) is 0 Å². The van der Waals surface area contributed by atoms with Crippen LogP contribution in [0.4, 0.5) is 10.5 Å². The van der Waals surface area contributed by atoms with Gasteiger partial charge in [-0.15, -0.1) is 0 Å². The lowest BCUT2D eigenvalue weighted by Crippen LogP contribution is -2.15. The number of aromatic nitrogens is 1. The first-order valence-electron chi connectivity index (χ1n) is 5.75. The van der Waals surface area contributed by atoms with Gasteiger partial charge in [0.25, 0.3) is 5.76 Å². The van der Waals surface area contributed by atoms with Crippen LogP contribution in [0.15, 0.2) is 34.9 Å². The highest BCUT2D eigenvalue weighted by atomic mass is 16.5. The standard InChI is InChI=1S/C13H12N2O5/c1-8-10(11(12(16)17)20-15-8)14-13(18)19-7-9-5-3-2-4-6-9/h2-6H,7H2,1H3,(H,14,18)(H,16,17). The normalized spacial score (nSPS) is 10.1. The Morgan fingerprint density at radius 3 is 2.70 bits per heavy atom. The summed E-state index contributed by atoms with van der Waals surface area (Å²) in [6.07, 6.45) is -0.775. The Morgan fingerprint density at radius 2 is 2.05 bits per heavy atom. The first-order valence-corrected chi connectivity index (χ1v) is 5.75. The van der Waals surface area contributed by atoms with Crippen molar-refractivity contribution < 1.29 is 24.0 Å². The topological polar surface area (TPSA) is 102 Å². The number of aryl methyl sites for hydroxylation is 1. The van der Waals surface area contributed by atoms with Crippen LogP contribution in [-0.4, -0.2) is 22.3 Å². The number of carboxylic acid groups (broad SMARTS) is 1. The fourth-order valence-electron chi connectivity index (χ4n) is 1.52. The van der Waals surface area contributed by atoms with Crippen LogP contribution in [0.2, 0.25) is 0 Å². The van der Waals surface area contributed by atoms with Gasteiger partial charge >= 0.3 is 12.1 Å². The first-order chi connectivity index (χ1) is 9.58. The van der Waals surface area contributed by atoms with Crippen LogP contribution in [0.5, 0.6) is 0 Å². The van der Waals surface area contributed by atoms with Crippen molar-refractivity contribution in [3.05, 3.63) is 47.3 Å². The summed E-state index contributed by atoms with van der Waals surface area (Å²) in [7, 11) is 0. The molecule has 2 rings (SSSR count). The molecule has 1 amide bonds. The number of nitrogens with zero attached hydrogens (tertiary/aromatic N) is 1. The molecule has 2 aromatic rings. The zero-order valence-electron chi connectivity index (χ0n) is 10.6. The van der Waals surface area contributed by atoms with Crippen LogP contribution in [0.25, 0.3) is 0 Å². The summed E-state index contributed by atoms with van der Waals surface area (Å²) >= 11 is 0. The second kappa shape index (κ2) is 5.87. The molecule has 7 nitrogen and oxygen atoms in total. The first kappa shape index (κ1) is 13.6. The minimum absolute atomic E-state index is 0.00411. The van der Waals surface area contributed by atoms with Crippen LogP contribution in [-0.2, 0) is 11.3 Å². The summed E-state index contributed by atoms with van der Waals surface area (Å²) in [5, 5.41) is 14.7. The molecule has 0 spiro atoms. The molecule has 0 aliphatic carbocycles. The summed E-state index contributed by atoms with van der Waals surface area (Å²) in [5.74, 6) is -1.75. The summed E-state index contributed by atoms with van der Waals surface area (Å²) in [5.41, 5.74) is 1.08. The number of aromatic carboxylic acids is 1. The Bertz CT molecular complexity index is 621. The quantitative estimate of drug-likeness (QED) is 0.889. The second-order valence-corrected chi connectivity index (χ2v) is 3.96. The number of carbonyl (C=O) groups excluding carboxylic acids is 1. The van der Waals surface area contributed by atoms with Crippen molar-refractivity contribution >= 4 is 17.7 Å². The van der Waals surface area contributed by atoms with Crippen molar-refractivity contribution in [1.82, 2.24) is 5.16 Å². The average molecular weight is 276 g/mol. The van der Waals surface area contributed by atoms with Crippen molar-refractivity contribution in [2.45, 2.75) is 13.5 Å². The highest BCUT2D eigenvalue weighted by Gasteiger charge is 2.21. The van der Waals surface area contributed by atoms with E-state index < -0.39 is 17.8 Å². The zero-order valence-corrected chi connectivity index (χ0v) is 10.6. The van der Waals surface area contributed by atoms with E-state index in [2.05, 4.69) is 15.0 Å². The Kier molecular flexibility index (Phi) is 3.99. The Balaban J connectivity index is 1.98. The molecule has 20 heavy (non-hydrogen) atoms. The lowest BCUT2D eigenvalue weighted by Gasteiger charge is -2.06. The minimum atomic E-state index is -1.32. The fraction of sp³-hybridized carbons (Fsp3) is 0.154. The number of benzene rings is 1. The van der Waals surface area contributed by atoms with Gasteiger partial charge in [0, 0.05) is 0 Å². The maximum absolute atomic E-state index is 11.6. The van der Waals surface area contributed by atoms with Gasteiger partial charge in [0.2, 0.25) is 0 Å². The number of hydrogen-bond acceptors (Lipinski definition) is 5. The van der Waals surface area contributed by atoms with Crippen molar-refractivity contribution in [3.8, 4) is 0 Å². The van der Waals surface area contributed by atoms with E-state index in [1.54, 1.807) is 12.1 Å². The molecule has 0 saturated carbocycles. The number of carboxylic acids is 1. The number of ether oxygens (including phenoxy) is 1. The number of anilines is 1. The molecular weight excluding hydrogens is 264 g/mol. The van der Waals surface area contributed by atoms with Crippen LogP contribution >= 0.6 is 0 Å². The van der Waals surface area contributed by atoms with E-state index in [1.807, 2.05) is 18.2 Å². The molecule has 0 fully saturated rings. The van der Waals surface area contributed by atoms with E-state index in [4.69, 9.17) is 9.84 Å². The average Bonchev–Trinajstić information content (AvgIpc) is 2.79. The summed E-state index contributed by atoms with van der Waals surface area (Å²) in [4.78, 5) is 22.5. The molecule has 0 unspecified atom stereocenters. The molecule has 1 aromatic heterocycles. The summed E-state index contributed by atoms with van der Waals surface area (Å²) < 4.78 is 9.58. The van der Waals surface area contributed by atoms with Gasteiger partial charge < -0.3 is 14.4 Å². The molecule has 0 radical (unpaired) electrons. The van der Waals surface area contributed by atoms with Gasteiger partial charge in [-0.25, -0.2) is 9.59 Å². The molecule has 104 valence electrons. The molecule has 0 bridgehead atoms. The Labute approximate surface area is 114 Å².